The Morgan fingerprint density at radius 1 is 1.31 bits per heavy atom. The smallest absolute Gasteiger partial charge is 0.422 e. The van der Waals surface area contributed by atoms with Crippen LogP contribution in [0.25, 0.3) is 0 Å². The number of nitrogens with one attached hydrogen (secondary N) is 2. The van der Waals surface area contributed by atoms with E-state index in [1.54, 1.807) is 29.5 Å². The van der Waals surface area contributed by atoms with Crippen LogP contribution in [0.3, 0.4) is 0 Å². The first kappa shape index (κ1) is 20.0. The first-order valence-electron chi connectivity index (χ1n) is 8.07. The van der Waals surface area contributed by atoms with E-state index < -0.39 is 12.8 Å². The van der Waals surface area contributed by atoms with Gasteiger partial charge in [-0.3, -0.25) is 0 Å². The van der Waals surface area contributed by atoms with Crippen LogP contribution in [-0.4, -0.2) is 30.3 Å². The van der Waals surface area contributed by atoms with Crippen molar-refractivity contribution >= 4 is 17.3 Å². The number of ether oxygens (including phenoxy) is 1. The van der Waals surface area contributed by atoms with Gasteiger partial charge in [-0.1, -0.05) is 12.1 Å². The summed E-state index contributed by atoms with van der Waals surface area (Å²) in [7, 11) is 0. The van der Waals surface area contributed by atoms with E-state index in [-0.39, 0.29) is 5.75 Å². The highest BCUT2D eigenvalue weighted by atomic mass is 32.1. The van der Waals surface area contributed by atoms with E-state index in [1.165, 1.54) is 6.07 Å². The van der Waals surface area contributed by atoms with Crippen LogP contribution >= 0.6 is 11.3 Å². The summed E-state index contributed by atoms with van der Waals surface area (Å²) in [5.74, 6) is 0.785. The third kappa shape index (κ3) is 7.30. The monoisotopic (exact) mass is 386 g/mol. The van der Waals surface area contributed by atoms with Crippen LogP contribution < -0.4 is 15.4 Å². The van der Waals surface area contributed by atoms with Crippen LogP contribution in [0, 0.1) is 6.92 Å². The fraction of sp³-hybridized carbons (Fsp3) is 0.412. The van der Waals surface area contributed by atoms with Crippen molar-refractivity contribution in [3.63, 3.8) is 0 Å². The minimum absolute atomic E-state index is 0.172. The molecule has 0 aliphatic carbocycles. The Morgan fingerprint density at radius 3 is 2.77 bits per heavy atom. The molecular weight excluding hydrogens is 365 g/mol. The van der Waals surface area contributed by atoms with Gasteiger partial charge >= 0.3 is 6.18 Å². The molecular formula is C17H21F3N4OS. The first-order valence-corrected chi connectivity index (χ1v) is 8.89. The highest BCUT2D eigenvalue weighted by Crippen LogP contribution is 2.19. The van der Waals surface area contributed by atoms with E-state index in [0.29, 0.717) is 25.6 Å². The second kappa shape index (κ2) is 9.42. The van der Waals surface area contributed by atoms with Crippen LogP contribution in [0.5, 0.6) is 5.75 Å². The lowest BCUT2D eigenvalue weighted by Crippen LogP contribution is -2.36. The van der Waals surface area contributed by atoms with E-state index in [0.717, 1.165) is 15.4 Å². The number of thiazole rings is 1. The summed E-state index contributed by atoms with van der Waals surface area (Å²) in [4.78, 5) is 9.87. The maximum Gasteiger partial charge on any atom is 0.422 e. The predicted molar refractivity (Wildman–Crippen MR) is 96.5 cm³/mol. The molecule has 9 heteroatoms. The van der Waals surface area contributed by atoms with Crippen LogP contribution in [0.15, 0.2) is 35.5 Å². The molecule has 2 aromatic rings. The molecule has 0 aliphatic rings. The summed E-state index contributed by atoms with van der Waals surface area (Å²) in [5, 5.41) is 7.27. The van der Waals surface area contributed by atoms with E-state index in [1.807, 2.05) is 20.0 Å². The van der Waals surface area contributed by atoms with Gasteiger partial charge in [0.25, 0.3) is 0 Å². The van der Waals surface area contributed by atoms with E-state index >= 15 is 0 Å². The zero-order chi connectivity index (χ0) is 19.0. The molecule has 0 amide bonds. The Labute approximate surface area is 154 Å². The summed E-state index contributed by atoms with van der Waals surface area (Å²) < 4.78 is 41.5. The number of alkyl halides is 3. The molecule has 1 heterocycles. The number of halogens is 3. The summed E-state index contributed by atoms with van der Waals surface area (Å²) in [6.07, 6.45) is -2.54. The van der Waals surface area contributed by atoms with Crippen LogP contribution in [0.2, 0.25) is 0 Å². The normalized spacial score (nSPS) is 12.1. The van der Waals surface area contributed by atoms with Gasteiger partial charge in [-0.05, 0) is 31.5 Å². The molecule has 0 radical (unpaired) electrons. The van der Waals surface area contributed by atoms with Gasteiger partial charge in [0.2, 0.25) is 0 Å². The Bertz CT molecular complexity index is 731. The standard InChI is InChI=1S/C17H21F3N4OS/c1-3-21-16(24-10-15-22-8-12(2)26-15)23-9-13-5-4-6-14(7-13)25-11-17(18,19)20/h4-8H,3,9-11H2,1-2H3,(H2,21,23,24). The molecule has 1 aromatic carbocycles. The molecule has 0 saturated heterocycles. The van der Waals surface area contributed by atoms with E-state index in [2.05, 4.69) is 20.6 Å². The van der Waals surface area contributed by atoms with Gasteiger partial charge in [-0.25, -0.2) is 9.98 Å². The molecule has 0 saturated carbocycles. The Balaban J connectivity index is 1.95. The minimum Gasteiger partial charge on any atom is -0.484 e. The van der Waals surface area contributed by atoms with Crippen molar-refractivity contribution in [3.8, 4) is 5.75 Å². The Hall–Kier alpha value is -2.29. The van der Waals surface area contributed by atoms with Crippen molar-refractivity contribution in [2.45, 2.75) is 33.1 Å². The zero-order valence-corrected chi connectivity index (χ0v) is 15.4. The van der Waals surface area contributed by atoms with Crippen molar-refractivity contribution in [2.75, 3.05) is 13.2 Å². The predicted octanol–water partition coefficient (Wildman–Crippen LogP) is 3.65. The molecule has 0 aliphatic heterocycles. The maximum atomic E-state index is 12.2. The van der Waals surface area contributed by atoms with Gasteiger partial charge < -0.3 is 15.4 Å². The van der Waals surface area contributed by atoms with E-state index in [9.17, 15) is 13.2 Å². The number of benzene rings is 1. The van der Waals surface area contributed by atoms with Gasteiger partial charge in [-0.2, -0.15) is 13.2 Å². The summed E-state index contributed by atoms with van der Waals surface area (Å²) in [6, 6.07) is 6.49. The second-order valence-corrected chi connectivity index (χ2v) is 6.78. The first-order chi connectivity index (χ1) is 12.4. The average molecular weight is 386 g/mol. The average Bonchev–Trinajstić information content (AvgIpc) is 3.01. The summed E-state index contributed by atoms with van der Waals surface area (Å²) >= 11 is 1.61. The number of aromatic nitrogens is 1. The number of aliphatic imine (C=N–C) groups is 1. The zero-order valence-electron chi connectivity index (χ0n) is 14.6. The topological polar surface area (TPSA) is 58.5 Å². The van der Waals surface area contributed by atoms with Gasteiger partial charge in [0.1, 0.15) is 10.8 Å². The highest BCUT2D eigenvalue weighted by molar-refractivity contribution is 7.11. The molecule has 0 spiro atoms. The van der Waals surface area contributed by atoms with Crippen LogP contribution in [0.4, 0.5) is 13.2 Å². The number of hydrogen-bond donors (Lipinski definition) is 2. The largest absolute Gasteiger partial charge is 0.484 e. The number of hydrogen-bond acceptors (Lipinski definition) is 4. The molecule has 142 valence electrons. The molecule has 1 aromatic heterocycles. The second-order valence-electron chi connectivity index (χ2n) is 5.46. The molecule has 0 bridgehead atoms. The van der Waals surface area contributed by atoms with Gasteiger partial charge in [-0.15, -0.1) is 11.3 Å². The third-order valence-electron chi connectivity index (χ3n) is 3.14. The van der Waals surface area contributed by atoms with Crippen LogP contribution in [0.1, 0.15) is 22.4 Å². The molecule has 5 nitrogen and oxygen atoms in total. The van der Waals surface area contributed by atoms with Crippen molar-refractivity contribution in [1.82, 2.24) is 15.6 Å². The van der Waals surface area contributed by atoms with Crippen molar-refractivity contribution in [3.05, 3.63) is 45.9 Å². The molecule has 2 N–H and O–H groups in total. The number of guanidine groups is 1. The quantitative estimate of drug-likeness (QED) is 0.563. The molecule has 0 fully saturated rings. The maximum absolute atomic E-state index is 12.2. The fourth-order valence-corrected chi connectivity index (χ4v) is 2.78. The van der Waals surface area contributed by atoms with E-state index in [4.69, 9.17) is 4.74 Å². The summed E-state index contributed by atoms with van der Waals surface area (Å²) in [6.45, 7) is 4.20. The number of nitrogens with zero attached hydrogens (tertiary/aromatic N) is 2. The minimum atomic E-state index is -4.36. The van der Waals surface area contributed by atoms with Gasteiger partial charge in [0.15, 0.2) is 12.6 Å². The lowest BCUT2D eigenvalue weighted by atomic mass is 10.2. The molecule has 0 atom stereocenters. The third-order valence-corrected chi connectivity index (χ3v) is 4.05. The number of aryl methyl sites for hydroxylation is 1. The van der Waals surface area contributed by atoms with Crippen molar-refractivity contribution in [1.29, 1.82) is 0 Å². The van der Waals surface area contributed by atoms with Gasteiger partial charge in [0.05, 0.1) is 13.1 Å². The summed E-state index contributed by atoms with van der Waals surface area (Å²) in [5.41, 5.74) is 0.756. The highest BCUT2D eigenvalue weighted by Gasteiger charge is 2.28. The molecule has 0 unspecified atom stereocenters. The lowest BCUT2D eigenvalue weighted by Gasteiger charge is -2.11. The SMILES string of the molecule is CCNC(=NCc1cccc(OCC(F)(F)F)c1)NCc1ncc(C)s1. The van der Waals surface area contributed by atoms with Crippen molar-refractivity contribution < 1.29 is 17.9 Å². The van der Waals surface area contributed by atoms with Gasteiger partial charge in [0, 0.05) is 17.6 Å². The van der Waals surface area contributed by atoms with Crippen molar-refractivity contribution in [2.24, 2.45) is 4.99 Å². The Kier molecular flexibility index (Phi) is 7.26. The van der Waals surface area contributed by atoms with Crippen LogP contribution in [-0.2, 0) is 13.1 Å². The Morgan fingerprint density at radius 2 is 2.12 bits per heavy atom. The fourth-order valence-electron chi connectivity index (χ4n) is 2.05. The lowest BCUT2D eigenvalue weighted by molar-refractivity contribution is -0.153. The number of rotatable bonds is 7. The molecule has 2 rings (SSSR count). The molecule has 26 heavy (non-hydrogen) atoms.